The first kappa shape index (κ1) is 20.0. The number of hydrogen-bond donors (Lipinski definition) is 1. The summed E-state index contributed by atoms with van der Waals surface area (Å²) in [6.07, 6.45) is 5.75. The van der Waals surface area contributed by atoms with Crippen molar-refractivity contribution in [2.45, 2.75) is 63.4 Å². The normalized spacial score (nSPS) is 35.4. The molecule has 1 spiro atoms. The van der Waals surface area contributed by atoms with E-state index in [1.165, 1.54) is 4.90 Å². The van der Waals surface area contributed by atoms with Crippen LogP contribution in [0.5, 0.6) is 0 Å². The second kappa shape index (κ2) is 7.94. The van der Waals surface area contributed by atoms with E-state index in [2.05, 4.69) is 0 Å². The predicted octanol–water partition coefficient (Wildman–Crippen LogP) is 1.36. The molecule has 162 valence electrons. The van der Waals surface area contributed by atoms with Gasteiger partial charge in [0.15, 0.2) is 6.67 Å². The molecule has 2 saturated heterocycles. The van der Waals surface area contributed by atoms with Crippen molar-refractivity contribution in [1.82, 2.24) is 0 Å². The molecule has 0 radical (unpaired) electrons. The maximum absolute atomic E-state index is 13.6. The van der Waals surface area contributed by atoms with Gasteiger partial charge < -0.3 is 19.1 Å². The number of para-hydroxylation sites is 1. The van der Waals surface area contributed by atoms with Crippen LogP contribution in [0.25, 0.3) is 0 Å². The van der Waals surface area contributed by atoms with Crippen molar-refractivity contribution in [2.24, 2.45) is 5.92 Å². The average molecular weight is 416 g/mol. The fourth-order valence-electron chi connectivity index (χ4n) is 5.46. The third-order valence-electron chi connectivity index (χ3n) is 7.05. The zero-order valence-corrected chi connectivity index (χ0v) is 17.6. The number of nitrogens with zero attached hydrogens (tertiary/aromatic N) is 1. The van der Waals surface area contributed by atoms with E-state index in [9.17, 15) is 9.59 Å². The molecule has 1 amide bonds. The second-order valence-corrected chi connectivity index (χ2v) is 8.90. The standard InChI is InChI=1S/C23H30N2O5/c1-2-28-21(26)16-11-13-24(14-12-16)15-25-18-8-4-3-7-17(18)23(22(25)27)29-19-9-5-6-10-20(19)30-23/h3-4,7-8,16,19-20H,2,5-6,9-15H2,1H3/p+1/t19-,20+,23?. The number of quaternary nitrogens is 1. The van der Waals surface area contributed by atoms with E-state index in [1.807, 2.05) is 36.1 Å². The number of esters is 1. The molecule has 3 heterocycles. The van der Waals surface area contributed by atoms with Crippen LogP contribution >= 0.6 is 0 Å². The lowest BCUT2D eigenvalue weighted by atomic mass is 9.95. The van der Waals surface area contributed by atoms with Crippen LogP contribution in [-0.2, 0) is 29.6 Å². The number of likely N-dealkylation sites (tertiary alicyclic amines) is 1. The summed E-state index contributed by atoms with van der Waals surface area (Å²) in [7, 11) is 0. The molecule has 0 aromatic heterocycles. The topological polar surface area (TPSA) is 69.5 Å². The van der Waals surface area contributed by atoms with E-state index < -0.39 is 5.79 Å². The van der Waals surface area contributed by atoms with Crippen molar-refractivity contribution < 1.29 is 28.7 Å². The highest BCUT2D eigenvalue weighted by molar-refractivity contribution is 6.06. The van der Waals surface area contributed by atoms with Gasteiger partial charge in [-0.25, -0.2) is 0 Å². The maximum atomic E-state index is 13.6. The van der Waals surface area contributed by atoms with E-state index in [0.29, 0.717) is 13.3 Å². The number of piperidine rings is 1. The van der Waals surface area contributed by atoms with Crippen LogP contribution in [0.1, 0.15) is 51.0 Å². The lowest BCUT2D eigenvalue weighted by Crippen LogP contribution is -3.14. The van der Waals surface area contributed by atoms with Gasteiger partial charge >= 0.3 is 5.97 Å². The Labute approximate surface area is 177 Å². The number of amides is 1. The predicted molar refractivity (Wildman–Crippen MR) is 109 cm³/mol. The highest BCUT2D eigenvalue weighted by Crippen LogP contribution is 2.50. The van der Waals surface area contributed by atoms with Crippen LogP contribution in [-0.4, -0.2) is 50.4 Å². The molecule has 0 bridgehead atoms. The first-order valence-electron chi connectivity index (χ1n) is 11.4. The monoisotopic (exact) mass is 415 g/mol. The maximum Gasteiger partial charge on any atom is 0.309 e. The third kappa shape index (κ3) is 3.24. The van der Waals surface area contributed by atoms with Gasteiger partial charge in [0.05, 0.1) is 43.5 Å². The number of carbonyl (C=O) groups is 2. The summed E-state index contributed by atoms with van der Waals surface area (Å²) in [5, 5.41) is 0. The molecular formula is C23H31N2O5+. The lowest BCUT2D eigenvalue weighted by Gasteiger charge is -2.31. The summed E-state index contributed by atoms with van der Waals surface area (Å²) in [5.74, 6) is -1.49. The molecule has 4 aliphatic rings. The largest absolute Gasteiger partial charge is 0.466 e. The van der Waals surface area contributed by atoms with Gasteiger partial charge in [0.1, 0.15) is 0 Å². The molecule has 3 aliphatic heterocycles. The Morgan fingerprint density at radius 3 is 2.47 bits per heavy atom. The van der Waals surface area contributed by atoms with E-state index in [0.717, 1.165) is 62.9 Å². The first-order chi connectivity index (χ1) is 14.6. The van der Waals surface area contributed by atoms with Crippen LogP contribution in [0.3, 0.4) is 0 Å². The number of carbonyl (C=O) groups excluding carboxylic acids is 2. The summed E-state index contributed by atoms with van der Waals surface area (Å²) in [5.41, 5.74) is 1.73. The Hall–Kier alpha value is -1.96. The van der Waals surface area contributed by atoms with Gasteiger partial charge in [0.25, 0.3) is 11.7 Å². The summed E-state index contributed by atoms with van der Waals surface area (Å²) in [6, 6.07) is 7.86. The molecular weight excluding hydrogens is 384 g/mol. The Balaban J connectivity index is 1.32. The van der Waals surface area contributed by atoms with Crippen LogP contribution in [0.4, 0.5) is 5.69 Å². The van der Waals surface area contributed by atoms with Crippen molar-refractivity contribution in [1.29, 1.82) is 0 Å². The summed E-state index contributed by atoms with van der Waals surface area (Å²) in [4.78, 5) is 28.8. The van der Waals surface area contributed by atoms with Crippen LogP contribution in [0.2, 0.25) is 0 Å². The van der Waals surface area contributed by atoms with Crippen molar-refractivity contribution in [3.8, 4) is 0 Å². The van der Waals surface area contributed by atoms with Gasteiger partial charge in [-0.15, -0.1) is 0 Å². The van der Waals surface area contributed by atoms with E-state index in [4.69, 9.17) is 14.2 Å². The van der Waals surface area contributed by atoms with Crippen LogP contribution in [0, 0.1) is 5.92 Å². The van der Waals surface area contributed by atoms with Crippen molar-refractivity contribution >= 4 is 17.6 Å². The fourth-order valence-corrected chi connectivity index (χ4v) is 5.46. The summed E-state index contributed by atoms with van der Waals surface area (Å²) < 4.78 is 17.9. The molecule has 1 aromatic rings. The Morgan fingerprint density at radius 1 is 1.13 bits per heavy atom. The summed E-state index contributed by atoms with van der Waals surface area (Å²) >= 11 is 0. The average Bonchev–Trinajstić information content (AvgIpc) is 3.27. The molecule has 7 heteroatoms. The van der Waals surface area contributed by atoms with Crippen molar-refractivity contribution in [3.63, 3.8) is 0 Å². The van der Waals surface area contributed by atoms with E-state index >= 15 is 0 Å². The Morgan fingerprint density at radius 2 is 1.80 bits per heavy atom. The number of rotatable bonds is 4. The van der Waals surface area contributed by atoms with Gasteiger partial charge in [0, 0.05) is 18.4 Å². The zero-order chi connectivity index (χ0) is 20.7. The number of hydrogen-bond acceptors (Lipinski definition) is 5. The van der Waals surface area contributed by atoms with Gasteiger partial charge in [-0.1, -0.05) is 31.0 Å². The van der Waals surface area contributed by atoms with E-state index in [1.54, 1.807) is 0 Å². The van der Waals surface area contributed by atoms with Gasteiger partial charge in [-0.3, -0.25) is 14.5 Å². The van der Waals surface area contributed by atoms with Crippen LogP contribution < -0.4 is 9.80 Å². The van der Waals surface area contributed by atoms with Crippen molar-refractivity contribution in [2.75, 3.05) is 31.3 Å². The SMILES string of the molecule is CCOC(=O)C1CC[NH+](CN2C(=O)C3(O[C@H]4CCCC[C@H]4O3)c3ccccc32)CC1. The Bertz CT molecular complexity index is 806. The molecule has 3 fully saturated rings. The van der Waals surface area contributed by atoms with Crippen molar-refractivity contribution in [3.05, 3.63) is 29.8 Å². The quantitative estimate of drug-likeness (QED) is 0.752. The fraction of sp³-hybridized carbons (Fsp3) is 0.652. The number of anilines is 1. The molecule has 1 aliphatic carbocycles. The van der Waals surface area contributed by atoms with Gasteiger partial charge in [0.2, 0.25) is 0 Å². The number of fused-ring (bicyclic) bond motifs is 3. The molecule has 3 atom stereocenters. The molecule has 30 heavy (non-hydrogen) atoms. The number of ether oxygens (including phenoxy) is 3. The van der Waals surface area contributed by atoms with Crippen LogP contribution in [0.15, 0.2) is 24.3 Å². The lowest BCUT2D eigenvalue weighted by molar-refractivity contribution is -0.904. The minimum absolute atomic E-state index is 0.00313. The molecule has 5 rings (SSSR count). The molecule has 7 nitrogen and oxygen atoms in total. The van der Waals surface area contributed by atoms with Gasteiger partial charge in [-0.05, 0) is 25.8 Å². The molecule has 1 unspecified atom stereocenters. The molecule has 1 N–H and O–H groups in total. The molecule has 1 aromatic carbocycles. The van der Waals surface area contributed by atoms with Gasteiger partial charge in [-0.2, -0.15) is 0 Å². The van der Waals surface area contributed by atoms with E-state index in [-0.39, 0.29) is 30.0 Å². The summed E-state index contributed by atoms with van der Waals surface area (Å²) in [6.45, 7) is 4.52. The highest BCUT2D eigenvalue weighted by atomic mass is 16.8. The first-order valence-corrected chi connectivity index (χ1v) is 11.4. The number of benzene rings is 1. The highest BCUT2D eigenvalue weighted by Gasteiger charge is 2.61. The Kier molecular flexibility index (Phi) is 5.29. The third-order valence-corrected chi connectivity index (χ3v) is 7.05. The minimum Gasteiger partial charge on any atom is -0.466 e. The zero-order valence-electron chi connectivity index (χ0n) is 17.6. The minimum atomic E-state index is -1.28. The number of nitrogens with one attached hydrogen (secondary N) is 1. The molecule has 1 saturated carbocycles. The second-order valence-electron chi connectivity index (χ2n) is 8.90. The smallest absolute Gasteiger partial charge is 0.309 e.